The first kappa shape index (κ1) is 17.7. The minimum Gasteiger partial charge on any atom is -0.490 e. The van der Waals surface area contributed by atoms with Crippen molar-refractivity contribution in [2.75, 3.05) is 26.3 Å². The summed E-state index contributed by atoms with van der Waals surface area (Å²) in [5.41, 5.74) is 1.81. The maximum atomic E-state index is 13.6. The second kappa shape index (κ2) is 8.32. The van der Waals surface area contributed by atoms with E-state index in [1.54, 1.807) is 24.4 Å². The summed E-state index contributed by atoms with van der Waals surface area (Å²) in [6.07, 6.45) is 4.13. The summed E-state index contributed by atoms with van der Waals surface area (Å²) in [7, 11) is 0. The van der Waals surface area contributed by atoms with E-state index in [2.05, 4.69) is 25.1 Å². The van der Waals surface area contributed by atoms with E-state index < -0.39 is 0 Å². The van der Waals surface area contributed by atoms with E-state index in [0.717, 1.165) is 36.8 Å². The van der Waals surface area contributed by atoms with Gasteiger partial charge < -0.3 is 14.5 Å². The first-order valence-corrected chi connectivity index (χ1v) is 9.01. The number of nitrogens with one attached hydrogen (secondary N) is 2. The van der Waals surface area contributed by atoms with Crippen molar-refractivity contribution in [3.63, 3.8) is 0 Å². The van der Waals surface area contributed by atoms with Crippen LogP contribution in [0.25, 0.3) is 0 Å². The van der Waals surface area contributed by atoms with E-state index in [4.69, 9.17) is 9.47 Å². The second-order valence-corrected chi connectivity index (χ2v) is 6.48. The van der Waals surface area contributed by atoms with Gasteiger partial charge in [0, 0.05) is 37.6 Å². The van der Waals surface area contributed by atoms with Crippen LogP contribution in [-0.4, -0.2) is 51.4 Å². The maximum absolute atomic E-state index is 13.6. The Balaban J connectivity index is 1.30. The first-order chi connectivity index (χ1) is 13.3. The number of halogens is 1. The molecule has 0 radical (unpaired) electrons. The van der Waals surface area contributed by atoms with Gasteiger partial charge in [-0.15, -0.1) is 0 Å². The number of imidazole rings is 1. The molecule has 0 amide bonds. The fourth-order valence-corrected chi connectivity index (χ4v) is 3.13. The van der Waals surface area contributed by atoms with Gasteiger partial charge in [0.25, 0.3) is 0 Å². The van der Waals surface area contributed by atoms with Crippen molar-refractivity contribution in [1.82, 2.24) is 25.1 Å². The number of rotatable bonds is 7. The van der Waals surface area contributed by atoms with Crippen LogP contribution in [0.5, 0.6) is 5.75 Å². The zero-order valence-electron chi connectivity index (χ0n) is 14.9. The normalized spacial score (nSPS) is 17.9. The minimum atomic E-state index is -0.352. The van der Waals surface area contributed by atoms with Crippen molar-refractivity contribution < 1.29 is 13.9 Å². The van der Waals surface area contributed by atoms with Crippen LogP contribution >= 0.6 is 0 Å². The number of para-hydroxylation sites is 1. The van der Waals surface area contributed by atoms with Crippen LogP contribution in [0, 0.1) is 5.82 Å². The number of benzene rings is 1. The van der Waals surface area contributed by atoms with E-state index >= 15 is 0 Å². The number of ether oxygens (including phenoxy) is 2. The molecule has 3 heterocycles. The van der Waals surface area contributed by atoms with Gasteiger partial charge in [0.05, 0.1) is 25.5 Å². The molecule has 4 rings (SSSR count). The van der Waals surface area contributed by atoms with E-state index in [1.165, 1.54) is 6.07 Å². The van der Waals surface area contributed by atoms with Gasteiger partial charge in [0.1, 0.15) is 11.9 Å². The third kappa shape index (κ3) is 4.53. The molecule has 0 unspecified atom stereocenters. The van der Waals surface area contributed by atoms with Crippen LogP contribution in [0.4, 0.5) is 4.39 Å². The molecule has 7 nitrogen and oxygen atoms in total. The van der Waals surface area contributed by atoms with Crippen molar-refractivity contribution in [3.05, 3.63) is 65.8 Å². The fraction of sp³-hybridized carbons (Fsp3) is 0.368. The molecule has 2 N–H and O–H groups in total. The monoisotopic (exact) mass is 371 g/mol. The first-order valence-electron chi connectivity index (χ1n) is 9.01. The Morgan fingerprint density at radius 2 is 2.26 bits per heavy atom. The molecule has 27 heavy (non-hydrogen) atoms. The number of aromatic nitrogens is 4. The molecule has 1 atom stereocenters. The van der Waals surface area contributed by atoms with Crippen LogP contribution in [0.1, 0.15) is 23.3 Å². The molecule has 0 saturated carbocycles. The van der Waals surface area contributed by atoms with Crippen molar-refractivity contribution in [3.8, 4) is 5.75 Å². The number of hydrogen-bond donors (Lipinski definition) is 2. The Morgan fingerprint density at radius 3 is 3.11 bits per heavy atom. The van der Waals surface area contributed by atoms with E-state index in [9.17, 15) is 4.39 Å². The molecule has 8 heteroatoms. The lowest BCUT2D eigenvalue weighted by atomic mass is 10.2. The van der Waals surface area contributed by atoms with Crippen LogP contribution in [0.3, 0.4) is 0 Å². The maximum Gasteiger partial charge on any atom is 0.165 e. The Bertz CT molecular complexity index is 851. The van der Waals surface area contributed by atoms with Gasteiger partial charge in [-0.2, -0.15) is 5.10 Å². The molecule has 3 aromatic rings. The summed E-state index contributed by atoms with van der Waals surface area (Å²) in [6, 6.07) is 8.39. The third-order valence-electron chi connectivity index (χ3n) is 4.53. The molecule has 1 aromatic carbocycles. The molecule has 1 fully saturated rings. The zero-order valence-corrected chi connectivity index (χ0v) is 14.9. The van der Waals surface area contributed by atoms with Crippen molar-refractivity contribution in [2.24, 2.45) is 0 Å². The van der Waals surface area contributed by atoms with Crippen LogP contribution in [0.2, 0.25) is 0 Å². The molecular formula is C19H22FN5O2. The summed E-state index contributed by atoms with van der Waals surface area (Å²) in [6.45, 7) is 3.42. The molecular weight excluding hydrogens is 349 g/mol. The van der Waals surface area contributed by atoms with Gasteiger partial charge in [-0.05, 0) is 18.2 Å². The van der Waals surface area contributed by atoms with Gasteiger partial charge in [0.15, 0.2) is 11.6 Å². The predicted molar refractivity (Wildman–Crippen MR) is 96.7 cm³/mol. The van der Waals surface area contributed by atoms with Gasteiger partial charge in [-0.1, -0.05) is 12.1 Å². The van der Waals surface area contributed by atoms with Crippen LogP contribution < -0.4 is 4.74 Å². The lowest BCUT2D eigenvalue weighted by Gasteiger charge is -2.31. The highest BCUT2D eigenvalue weighted by Gasteiger charge is 2.24. The minimum absolute atomic E-state index is 0.0776. The lowest BCUT2D eigenvalue weighted by molar-refractivity contribution is -0.0356. The van der Waals surface area contributed by atoms with E-state index in [0.29, 0.717) is 19.6 Å². The zero-order chi connectivity index (χ0) is 18.5. The summed E-state index contributed by atoms with van der Waals surface area (Å²) in [5, 5.41) is 7.41. The molecule has 2 aromatic heterocycles. The van der Waals surface area contributed by atoms with Gasteiger partial charge in [-0.25, -0.2) is 9.37 Å². The molecule has 0 spiro atoms. The molecule has 1 aliphatic heterocycles. The average Bonchev–Trinajstić information content (AvgIpc) is 3.36. The fourth-order valence-electron chi connectivity index (χ4n) is 3.13. The number of nitrogens with zero attached hydrogens (tertiary/aromatic N) is 3. The molecule has 1 aliphatic rings. The lowest BCUT2D eigenvalue weighted by Crippen LogP contribution is -2.38. The topological polar surface area (TPSA) is 79.1 Å². The summed E-state index contributed by atoms with van der Waals surface area (Å²) >= 11 is 0. The van der Waals surface area contributed by atoms with Gasteiger partial charge in [-0.3, -0.25) is 10.00 Å². The number of morpholine rings is 1. The summed E-state index contributed by atoms with van der Waals surface area (Å²) < 4.78 is 24.9. The van der Waals surface area contributed by atoms with Crippen molar-refractivity contribution in [1.29, 1.82) is 0 Å². The molecule has 142 valence electrons. The molecule has 0 aliphatic carbocycles. The van der Waals surface area contributed by atoms with Crippen molar-refractivity contribution in [2.45, 2.75) is 19.1 Å². The Hall–Kier alpha value is -2.71. The number of hydrogen-bond acceptors (Lipinski definition) is 5. The predicted octanol–water partition coefficient (Wildman–Crippen LogP) is 2.47. The highest BCUT2D eigenvalue weighted by atomic mass is 19.1. The van der Waals surface area contributed by atoms with Gasteiger partial charge >= 0.3 is 0 Å². The highest BCUT2D eigenvalue weighted by molar-refractivity contribution is 5.23. The molecule has 1 saturated heterocycles. The number of H-pyrrole nitrogens is 2. The van der Waals surface area contributed by atoms with E-state index in [-0.39, 0.29) is 17.7 Å². The van der Waals surface area contributed by atoms with Gasteiger partial charge in [0.2, 0.25) is 0 Å². The number of aromatic amines is 2. The SMILES string of the molecule is Fc1ccccc1OCCc1cc([C@@H]2CN(Cc3ncc[nH]3)CCO2)n[nH]1. The standard InChI is InChI=1S/C19H22FN5O2/c20-15-3-1-2-4-17(15)26-9-5-14-11-16(24-23-14)18-12-25(8-10-27-18)13-19-21-6-7-22-19/h1-4,6-7,11,18H,5,8-10,12-13H2,(H,21,22)(H,23,24)/t18-/m0/s1. The third-order valence-corrected chi connectivity index (χ3v) is 4.53. The quantitative estimate of drug-likeness (QED) is 0.667. The molecule has 0 bridgehead atoms. The Kier molecular flexibility index (Phi) is 5.45. The second-order valence-electron chi connectivity index (χ2n) is 6.48. The summed E-state index contributed by atoms with van der Waals surface area (Å²) in [4.78, 5) is 9.70. The highest BCUT2D eigenvalue weighted by Crippen LogP contribution is 2.22. The largest absolute Gasteiger partial charge is 0.490 e. The van der Waals surface area contributed by atoms with E-state index in [1.807, 2.05) is 12.3 Å². The smallest absolute Gasteiger partial charge is 0.165 e. The van der Waals surface area contributed by atoms with Crippen LogP contribution in [0.15, 0.2) is 42.7 Å². The van der Waals surface area contributed by atoms with Crippen molar-refractivity contribution >= 4 is 0 Å². The van der Waals surface area contributed by atoms with Crippen LogP contribution in [-0.2, 0) is 17.7 Å². The average molecular weight is 371 g/mol. The Morgan fingerprint density at radius 1 is 1.33 bits per heavy atom. The summed E-state index contributed by atoms with van der Waals surface area (Å²) in [5.74, 6) is 0.861. The Labute approximate surface area is 156 Å².